The predicted molar refractivity (Wildman–Crippen MR) is 80.9 cm³/mol. The molecular weight excluding hydrogens is 254 g/mol. The van der Waals surface area contributed by atoms with Gasteiger partial charge in [-0.3, -0.25) is 4.79 Å². The summed E-state index contributed by atoms with van der Waals surface area (Å²) in [5.41, 5.74) is 9.22. The minimum Gasteiger partial charge on any atom is -0.398 e. The quantitative estimate of drug-likeness (QED) is 0.838. The van der Waals surface area contributed by atoms with Crippen molar-refractivity contribution < 1.29 is 9.53 Å². The van der Waals surface area contributed by atoms with E-state index in [1.807, 2.05) is 11.0 Å². The average molecular weight is 277 g/mol. The smallest absolute Gasteiger partial charge is 0.248 e. The van der Waals surface area contributed by atoms with Gasteiger partial charge in [0.05, 0.1) is 0 Å². The van der Waals surface area contributed by atoms with E-state index < -0.39 is 0 Å². The molecule has 1 aromatic rings. The second-order valence-electron chi connectivity index (χ2n) is 5.04. The first kappa shape index (κ1) is 14.7. The second-order valence-corrected chi connectivity index (χ2v) is 5.04. The molecule has 1 aliphatic heterocycles. The molecule has 1 saturated heterocycles. The summed E-state index contributed by atoms with van der Waals surface area (Å²) in [5, 5.41) is 0. The molecule has 2 N–H and O–H groups in total. The maximum atomic E-state index is 11.7. The number of hydrogen-bond donors (Lipinski definition) is 1. The van der Waals surface area contributed by atoms with Crippen LogP contribution in [0.4, 0.5) is 11.4 Å². The summed E-state index contributed by atoms with van der Waals surface area (Å²) in [6.07, 6.45) is 0.950. The molecule has 20 heavy (non-hydrogen) atoms. The number of nitrogens with two attached hydrogens (primary N) is 1. The molecule has 1 aromatic carbocycles. The zero-order valence-electron chi connectivity index (χ0n) is 12.3. The van der Waals surface area contributed by atoms with Gasteiger partial charge in [-0.15, -0.1) is 0 Å². The molecule has 5 nitrogen and oxygen atoms in total. The molecule has 1 fully saturated rings. The highest BCUT2D eigenvalue weighted by Crippen LogP contribution is 2.23. The fraction of sp³-hybridized carbons (Fsp3) is 0.533. The summed E-state index contributed by atoms with van der Waals surface area (Å²) in [6, 6.07) is 6.24. The third-order valence-electron chi connectivity index (χ3n) is 3.78. The van der Waals surface area contributed by atoms with Gasteiger partial charge < -0.3 is 20.3 Å². The third kappa shape index (κ3) is 3.22. The van der Waals surface area contributed by atoms with Crippen molar-refractivity contribution >= 4 is 17.3 Å². The number of aryl methyl sites for hydroxylation is 1. The van der Waals surface area contributed by atoms with Gasteiger partial charge in [0.15, 0.2) is 0 Å². The average Bonchev–Trinajstić information content (AvgIpc) is 2.47. The number of anilines is 2. The van der Waals surface area contributed by atoms with Crippen LogP contribution in [0, 0.1) is 0 Å². The summed E-state index contributed by atoms with van der Waals surface area (Å²) >= 11 is 0. The highest BCUT2D eigenvalue weighted by molar-refractivity contribution is 5.77. The Hall–Kier alpha value is -1.75. The van der Waals surface area contributed by atoms with Crippen molar-refractivity contribution in [3.8, 4) is 0 Å². The molecule has 0 bridgehead atoms. The van der Waals surface area contributed by atoms with Crippen LogP contribution in [0.3, 0.4) is 0 Å². The minimum atomic E-state index is 0.0630. The third-order valence-corrected chi connectivity index (χ3v) is 3.78. The molecule has 5 heteroatoms. The molecule has 0 aromatic heterocycles. The van der Waals surface area contributed by atoms with E-state index in [1.165, 1.54) is 5.56 Å². The Balaban J connectivity index is 1.97. The molecule has 1 aliphatic rings. The zero-order valence-corrected chi connectivity index (χ0v) is 12.3. The van der Waals surface area contributed by atoms with E-state index in [0.29, 0.717) is 0 Å². The van der Waals surface area contributed by atoms with E-state index in [4.69, 9.17) is 10.5 Å². The minimum absolute atomic E-state index is 0.0630. The highest BCUT2D eigenvalue weighted by Gasteiger charge is 2.21. The van der Waals surface area contributed by atoms with Crippen LogP contribution in [0.25, 0.3) is 0 Å². The Labute approximate surface area is 120 Å². The fourth-order valence-electron chi connectivity index (χ4n) is 2.53. The molecule has 0 spiro atoms. The van der Waals surface area contributed by atoms with Crippen LogP contribution >= 0.6 is 0 Å². The van der Waals surface area contributed by atoms with Crippen LogP contribution in [0.15, 0.2) is 18.2 Å². The highest BCUT2D eigenvalue weighted by atomic mass is 16.5. The molecule has 1 amide bonds. The van der Waals surface area contributed by atoms with Crippen molar-refractivity contribution in [1.29, 1.82) is 0 Å². The van der Waals surface area contributed by atoms with Crippen LogP contribution in [-0.4, -0.2) is 50.7 Å². The van der Waals surface area contributed by atoms with Crippen molar-refractivity contribution in [1.82, 2.24) is 4.90 Å². The first-order valence-corrected chi connectivity index (χ1v) is 7.05. The lowest BCUT2D eigenvalue weighted by Gasteiger charge is -2.36. The van der Waals surface area contributed by atoms with Crippen LogP contribution in [-0.2, 0) is 16.0 Å². The van der Waals surface area contributed by atoms with Crippen LogP contribution < -0.4 is 10.6 Å². The number of methoxy groups -OCH3 is 1. The largest absolute Gasteiger partial charge is 0.398 e. The van der Waals surface area contributed by atoms with E-state index in [-0.39, 0.29) is 12.5 Å². The number of amides is 1. The second kappa shape index (κ2) is 6.61. The molecule has 0 aliphatic carbocycles. The van der Waals surface area contributed by atoms with Crippen molar-refractivity contribution in [3.05, 3.63) is 23.8 Å². The topological polar surface area (TPSA) is 58.8 Å². The lowest BCUT2D eigenvalue weighted by Crippen LogP contribution is -2.49. The number of carbonyl (C=O) groups excluding carboxylic acids is 1. The first-order valence-electron chi connectivity index (χ1n) is 7.05. The number of rotatable bonds is 4. The number of hydrogen-bond acceptors (Lipinski definition) is 4. The Bertz CT molecular complexity index is 468. The Morgan fingerprint density at radius 3 is 2.55 bits per heavy atom. The van der Waals surface area contributed by atoms with Crippen molar-refractivity contribution in [2.75, 3.05) is 50.5 Å². The summed E-state index contributed by atoms with van der Waals surface area (Å²) in [7, 11) is 1.55. The SMILES string of the molecule is CCc1ccc(N2CCN(C(=O)COC)CC2)cc1N. The Kier molecular flexibility index (Phi) is 4.84. The number of nitrogens with zero attached hydrogens (tertiary/aromatic N) is 2. The van der Waals surface area contributed by atoms with E-state index in [9.17, 15) is 4.79 Å². The summed E-state index contributed by atoms with van der Waals surface area (Å²) in [4.78, 5) is 15.9. The van der Waals surface area contributed by atoms with E-state index >= 15 is 0 Å². The summed E-state index contributed by atoms with van der Waals surface area (Å²) < 4.78 is 4.89. The van der Waals surface area contributed by atoms with Gasteiger partial charge in [0, 0.05) is 44.7 Å². The predicted octanol–water partition coefficient (Wildman–Crippen LogP) is 1.13. The lowest BCUT2D eigenvalue weighted by atomic mass is 10.1. The maximum Gasteiger partial charge on any atom is 0.248 e. The number of benzene rings is 1. The van der Waals surface area contributed by atoms with Crippen molar-refractivity contribution in [2.24, 2.45) is 0 Å². The van der Waals surface area contributed by atoms with Gasteiger partial charge in [0.2, 0.25) is 5.91 Å². The standard InChI is InChI=1S/C15H23N3O2/c1-3-12-4-5-13(10-14(12)16)17-6-8-18(9-7-17)15(19)11-20-2/h4-5,10H,3,6-9,11,16H2,1-2H3. The van der Waals surface area contributed by atoms with Gasteiger partial charge in [0.25, 0.3) is 0 Å². The number of piperazine rings is 1. The molecule has 0 unspecified atom stereocenters. The molecular formula is C15H23N3O2. The Morgan fingerprint density at radius 2 is 2.00 bits per heavy atom. The van der Waals surface area contributed by atoms with Gasteiger partial charge >= 0.3 is 0 Å². The summed E-state index contributed by atoms with van der Waals surface area (Å²) in [5.74, 6) is 0.0630. The summed E-state index contributed by atoms with van der Waals surface area (Å²) in [6.45, 7) is 5.40. The van der Waals surface area contributed by atoms with Gasteiger partial charge in [-0.1, -0.05) is 13.0 Å². The van der Waals surface area contributed by atoms with E-state index in [1.54, 1.807) is 7.11 Å². The Morgan fingerprint density at radius 1 is 1.30 bits per heavy atom. The molecule has 2 rings (SSSR count). The molecule has 110 valence electrons. The monoisotopic (exact) mass is 277 g/mol. The maximum absolute atomic E-state index is 11.7. The number of ether oxygens (including phenoxy) is 1. The fourth-order valence-corrected chi connectivity index (χ4v) is 2.53. The van der Waals surface area contributed by atoms with E-state index in [2.05, 4.69) is 24.0 Å². The van der Waals surface area contributed by atoms with Crippen LogP contribution in [0.5, 0.6) is 0 Å². The van der Waals surface area contributed by atoms with Gasteiger partial charge in [-0.2, -0.15) is 0 Å². The lowest BCUT2D eigenvalue weighted by molar-refractivity contribution is -0.135. The van der Waals surface area contributed by atoms with Gasteiger partial charge in [0.1, 0.15) is 6.61 Å². The zero-order chi connectivity index (χ0) is 14.5. The number of nitrogen functional groups attached to an aromatic ring is 1. The molecule has 1 heterocycles. The van der Waals surface area contributed by atoms with Crippen LogP contribution in [0.1, 0.15) is 12.5 Å². The first-order chi connectivity index (χ1) is 9.65. The molecule has 0 radical (unpaired) electrons. The van der Waals surface area contributed by atoms with Crippen molar-refractivity contribution in [2.45, 2.75) is 13.3 Å². The van der Waals surface area contributed by atoms with Crippen LogP contribution in [0.2, 0.25) is 0 Å². The van der Waals surface area contributed by atoms with Gasteiger partial charge in [-0.25, -0.2) is 0 Å². The normalized spacial score (nSPS) is 15.5. The number of carbonyl (C=O) groups is 1. The van der Waals surface area contributed by atoms with E-state index in [0.717, 1.165) is 44.0 Å². The van der Waals surface area contributed by atoms with Gasteiger partial charge in [-0.05, 0) is 24.1 Å². The molecule has 0 atom stereocenters. The van der Waals surface area contributed by atoms with Crippen molar-refractivity contribution in [3.63, 3.8) is 0 Å². The molecule has 0 saturated carbocycles.